The Kier molecular flexibility index (Phi) is 4.63. The highest BCUT2D eigenvalue weighted by atomic mass is 79.9. The smallest absolute Gasteiger partial charge is 0.162 e. The summed E-state index contributed by atoms with van der Waals surface area (Å²) in [7, 11) is 0. The second-order valence-corrected chi connectivity index (χ2v) is 5.01. The molecule has 2 rings (SSSR count). The third-order valence-corrected chi connectivity index (χ3v) is 3.66. The minimum atomic E-state index is -0.847. The Balaban J connectivity index is 2.30. The fraction of sp³-hybridized carbons (Fsp3) is 0.143. The number of nitrogens with one attached hydrogen (secondary N) is 1. The zero-order valence-corrected chi connectivity index (χ0v) is 11.6. The Hall–Kier alpha value is -1.30. The van der Waals surface area contributed by atoms with Crippen LogP contribution < -0.4 is 11.3 Å². The van der Waals surface area contributed by atoms with Crippen LogP contribution in [0.2, 0.25) is 0 Å². The normalized spacial score (nSPS) is 12.4. The second-order valence-electron chi connectivity index (χ2n) is 4.16. The molecule has 0 heterocycles. The van der Waals surface area contributed by atoms with Crippen molar-refractivity contribution in [2.24, 2.45) is 5.84 Å². The predicted molar refractivity (Wildman–Crippen MR) is 74.3 cm³/mol. The van der Waals surface area contributed by atoms with Gasteiger partial charge in [-0.25, -0.2) is 8.78 Å². The molecule has 0 aliphatic heterocycles. The van der Waals surface area contributed by atoms with Gasteiger partial charge in [0.1, 0.15) is 0 Å². The quantitative estimate of drug-likeness (QED) is 0.667. The Morgan fingerprint density at radius 2 is 1.84 bits per heavy atom. The molecular formula is C14H13BrF2N2. The molecule has 0 bridgehead atoms. The van der Waals surface area contributed by atoms with E-state index in [4.69, 9.17) is 5.84 Å². The van der Waals surface area contributed by atoms with Crippen LogP contribution >= 0.6 is 15.9 Å². The summed E-state index contributed by atoms with van der Waals surface area (Å²) >= 11 is 3.42. The molecule has 3 N–H and O–H groups in total. The molecule has 1 unspecified atom stereocenters. The molecule has 100 valence electrons. The van der Waals surface area contributed by atoms with Crippen LogP contribution in [-0.4, -0.2) is 0 Å². The van der Waals surface area contributed by atoms with E-state index >= 15 is 0 Å². The van der Waals surface area contributed by atoms with Gasteiger partial charge in [0.05, 0.1) is 6.04 Å². The first-order valence-electron chi connectivity index (χ1n) is 5.77. The van der Waals surface area contributed by atoms with Crippen molar-refractivity contribution in [2.45, 2.75) is 12.5 Å². The van der Waals surface area contributed by atoms with E-state index in [1.54, 1.807) is 6.07 Å². The SMILES string of the molecule is NNC(Cc1cccc(F)c1F)c1ccccc1Br. The van der Waals surface area contributed by atoms with E-state index in [1.807, 2.05) is 24.3 Å². The third kappa shape index (κ3) is 3.18. The van der Waals surface area contributed by atoms with Gasteiger partial charge < -0.3 is 0 Å². The first-order valence-corrected chi connectivity index (χ1v) is 6.56. The predicted octanol–water partition coefficient (Wildman–Crippen LogP) is 3.47. The molecule has 0 amide bonds. The molecule has 19 heavy (non-hydrogen) atoms. The highest BCUT2D eigenvalue weighted by Crippen LogP contribution is 2.26. The average Bonchev–Trinajstić information content (AvgIpc) is 2.41. The van der Waals surface area contributed by atoms with Gasteiger partial charge in [-0.2, -0.15) is 0 Å². The Morgan fingerprint density at radius 3 is 2.53 bits per heavy atom. The van der Waals surface area contributed by atoms with Crippen LogP contribution in [-0.2, 0) is 6.42 Å². The highest BCUT2D eigenvalue weighted by molar-refractivity contribution is 9.10. The van der Waals surface area contributed by atoms with Crippen molar-refractivity contribution in [1.82, 2.24) is 5.43 Å². The molecule has 2 aromatic carbocycles. The third-order valence-electron chi connectivity index (χ3n) is 2.94. The number of benzene rings is 2. The van der Waals surface area contributed by atoms with Gasteiger partial charge in [0.25, 0.3) is 0 Å². The molecule has 0 aliphatic carbocycles. The molecule has 2 aromatic rings. The fourth-order valence-electron chi connectivity index (χ4n) is 1.94. The topological polar surface area (TPSA) is 38.0 Å². The van der Waals surface area contributed by atoms with Crippen molar-refractivity contribution >= 4 is 15.9 Å². The van der Waals surface area contributed by atoms with E-state index in [0.29, 0.717) is 5.56 Å². The van der Waals surface area contributed by atoms with Crippen LogP contribution in [0.25, 0.3) is 0 Å². The fourth-order valence-corrected chi connectivity index (χ4v) is 2.50. The van der Waals surface area contributed by atoms with Gasteiger partial charge in [-0.15, -0.1) is 0 Å². The molecule has 2 nitrogen and oxygen atoms in total. The number of rotatable bonds is 4. The van der Waals surface area contributed by atoms with Crippen molar-refractivity contribution in [2.75, 3.05) is 0 Å². The van der Waals surface area contributed by atoms with Crippen LogP contribution in [0.1, 0.15) is 17.2 Å². The van der Waals surface area contributed by atoms with Crippen molar-refractivity contribution in [3.63, 3.8) is 0 Å². The van der Waals surface area contributed by atoms with Crippen LogP contribution in [0.3, 0.4) is 0 Å². The summed E-state index contributed by atoms with van der Waals surface area (Å²) in [5.74, 6) is 3.85. The van der Waals surface area contributed by atoms with Gasteiger partial charge >= 0.3 is 0 Å². The maximum absolute atomic E-state index is 13.7. The first kappa shape index (κ1) is 14.1. The summed E-state index contributed by atoms with van der Waals surface area (Å²) in [6, 6.07) is 11.3. The van der Waals surface area contributed by atoms with Crippen molar-refractivity contribution in [3.05, 3.63) is 69.7 Å². The molecule has 0 fully saturated rings. The monoisotopic (exact) mass is 326 g/mol. The zero-order chi connectivity index (χ0) is 13.8. The van der Waals surface area contributed by atoms with Gasteiger partial charge in [-0.3, -0.25) is 11.3 Å². The summed E-state index contributed by atoms with van der Waals surface area (Å²) < 4.78 is 27.7. The molecule has 5 heteroatoms. The van der Waals surface area contributed by atoms with E-state index < -0.39 is 11.6 Å². The largest absolute Gasteiger partial charge is 0.271 e. The van der Waals surface area contributed by atoms with Gasteiger partial charge in [-0.05, 0) is 29.7 Å². The lowest BCUT2D eigenvalue weighted by Gasteiger charge is -2.18. The van der Waals surface area contributed by atoms with E-state index in [0.717, 1.165) is 16.1 Å². The Morgan fingerprint density at radius 1 is 1.11 bits per heavy atom. The van der Waals surface area contributed by atoms with Crippen LogP contribution in [0.15, 0.2) is 46.9 Å². The van der Waals surface area contributed by atoms with Gasteiger partial charge in [-0.1, -0.05) is 46.3 Å². The van der Waals surface area contributed by atoms with E-state index in [-0.39, 0.29) is 12.5 Å². The van der Waals surface area contributed by atoms with E-state index in [9.17, 15) is 8.78 Å². The summed E-state index contributed by atoms with van der Waals surface area (Å²) in [4.78, 5) is 0. The number of nitrogens with two attached hydrogens (primary N) is 1. The van der Waals surface area contributed by atoms with E-state index in [2.05, 4.69) is 21.4 Å². The highest BCUT2D eigenvalue weighted by Gasteiger charge is 2.16. The summed E-state index contributed by atoms with van der Waals surface area (Å²) in [6.45, 7) is 0. The molecule has 0 aliphatic rings. The van der Waals surface area contributed by atoms with Crippen LogP contribution in [0.4, 0.5) is 8.78 Å². The molecule has 0 radical (unpaired) electrons. The Labute approximate surface area is 118 Å². The lowest BCUT2D eigenvalue weighted by atomic mass is 9.99. The van der Waals surface area contributed by atoms with Gasteiger partial charge in [0, 0.05) is 4.47 Å². The molecule has 0 saturated carbocycles. The van der Waals surface area contributed by atoms with Gasteiger partial charge in [0.15, 0.2) is 11.6 Å². The average molecular weight is 327 g/mol. The van der Waals surface area contributed by atoms with Crippen molar-refractivity contribution < 1.29 is 8.78 Å². The van der Waals surface area contributed by atoms with Gasteiger partial charge in [0.2, 0.25) is 0 Å². The second kappa shape index (κ2) is 6.23. The molecule has 0 saturated heterocycles. The number of hydrogen-bond donors (Lipinski definition) is 2. The maximum atomic E-state index is 13.7. The first-order chi connectivity index (χ1) is 9.13. The lowest BCUT2D eigenvalue weighted by molar-refractivity contribution is 0.481. The molecule has 1 atom stereocenters. The van der Waals surface area contributed by atoms with Crippen LogP contribution in [0.5, 0.6) is 0 Å². The Bertz CT molecular complexity index is 575. The van der Waals surface area contributed by atoms with Crippen LogP contribution in [0, 0.1) is 11.6 Å². The van der Waals surface area contributed by atoms with Crippen molar-refractivity contribution in [1.29, 1.82) is 0 Å². The number of hydrazine groups is 1. The minimum Gasteiger partial charge on any atom is -0.271 e. The lowest BCUT2D eigenvalue weighted by Crippen LogP contribution is -2.30. The van der Waals surface area contributed by atoms with Crippen molar-refractivity contribution in [3.8, 4) is 0 Å². The number of hydrogen-bond acceptors (Lipinski definition) is 2. The summed E-state index contributed by atoms with van der Waals surface area (Å²) in [5, 5.41) is 0. The molecule has 0 spiro atoms. The minimum absolute atomic E-state index is 0.267. The number of halogens is 3. The summed E-state index contributed by atoms with van der Waals surface area (Å²) in [6.07, 6.45) is 0.267. The molecule has 0 aromatic heterocycles. The standard InChI is InChI=1S/C14H13BrF2N2/c15-11-6-2-1-5-10(11)13(19-18)8-9-4-3-7-12(16)14(9)17/h1-7,13,19H,8,18H2. The zero-order valence-electron chi connectivity index (χ0n) is 10.0. The molecular weight excluding hydrogens is 314 g/mol. The summed E-state index contributed by atoms with van der Waals surface area (Å²) in [5.41, 5.74) is 3.82. The van der Waals surface area contributed by atoms with E-state index in [1.165, 1.54) is 6.07 Å². The maximum Gasteiger partial charge on any atom is 0.162 e.